The SMILES string of the molecule is O=C(c1ccccc1)[C@@H]1Nc2ccc(Cl)cc2[C@@H]2OCC[C@H]12. The number of nitrogens with one attached hydrogen (secondary N) is 1. The molecule has 1 fully saturated rings. The van der Waals surface area contributed by atoms with Gasteiger partial charge >= 0.3 is 0 Å². The minimum Gasteiger partial charge on any atom is -0.374 e. The summed E-state index contributed by atoms with van der Waals surface area (Å²) in [5, 5.41) is 4.10. The van der Waals surface area contributed by atoms with E-state index in [-0.39, 0.29) is 23.8 Å². The molecule has 0 saturated carbocycles. The van der Waals surface area contributed by atoms with Crippen LogP contribution in [0.2, 0.25) is 5.02 Å². The summed E-state index contributed by atoms with van der Waals surface area (Å²) in [6.07, 6.45) is 0.833. The Kier molecular flexibility index (Phi) is 3.40. The number of carbonyl (C=O) groups is 1. The summed E-state index contributed by atoms with van der Waals surface area (Å²) in [5.41, 5.74) is 2.75. The van der Waals surface area contributed by atoms with Crippen LogP contribution < -0.4 is 5.32 Å². The molecule has 1 N–H and O–H groups in total. The van der Waals surface area contributed by atoms with Crippen LogP contribution in [0.3, 0.4) is 0 Å². The third-order valence-corrected chi connectivity index (χ3v) is 4.77. The Morgan fingerprint density at radius 1 is 1.18 bits per heavy atom. The average Bonchev–Trinajstić information content (AvgIpc) is 3.04. The van der Waals surface area contributed by atoms with Crippen LogP contribution in [0.5, 0.6) is 0 Å². The van der Waals surface area contributed by atoms with Crippen LogP contribution in [-0.4, -0.2) is 18.4 Å². The van der Waals surface area contributed by atoms with Crippen molar-refractivity contribution in [1.82, 2.24) is 0 Å². The number of anilines is 1. The Balaban J connectivity index is 1.73. The Morgan fingerprint density at radius 2 is 2.00 bits per heavy atom. The highest BCUT2D eigenvalue weighted by molar-refractivity contribution is 6.30. The summed E-state index contributed by atoms with van der Waals surface area (Å²) in [5.74, 6) is 0.278. The van der Waals surface area contributed by atoms with E-state index in [0.717, 1.165) is 23.2 Å². The molecule has 0 amide bonds. The van der Waals surface area contributed by atoms with E-state index in [9.17, 15) is 4.79 Å². The molecule has 0 bridgehead atoms. The van der Waals surface area contributed by atoms with Gasteiger partial charge in [-0.3, -0.25) is 4.79 Å². The Labute approximate surface area is 134 Å². The molecular formula is C18H16ClNO2. The van der Waals surface area contributed by atoms with Crippen molar-refractivity contribution in [1.29, 1.82) is 0 Å². The quantitative estimate of drug-likeness (QED) is 0.848. The van der Waals surface area contributed by atoms with E-state index in [1.54, 1.807) is 0 Å². The molecule has 2 aromatic rings. The molecular weight excluding hydrogens is 298 g/mol. The highest BCUT2D eigenvalue weighted by Gasteiger charge is 2.43. The van der Waals surface area contributed by atoms with E-state index in [2.05, 4.69) is 5.32 Å². The van der Waals surface area contributed by atoms with Gasteiger partial charge in [0, 0.05) is 34.4 Å². The van der Waals surface area contributed by atoms with Gasteiger partial charge in [-0.25, -0.2) is 0 Å². The van der Waals surface area contributed by atoms with Gasteiger partial charge in [0.15, 0.2) is 5.78 Å². The standard InChI is InChI=1S/C18H16ClNO2/c19-12-6-7-15-14(10-12)18-13(8-9-22-18)16(20-15)17(21)11-4-2-1-3-5-11/h1-7,10,13,16,18,20H,8-9H2/t13-,16-,18-/m1/s1. The van der Waals surface area contributed by atoms with Gasteiger partial charge in [-0.15, -0.1) is 0 Å². The third kappa shape index (κ3) is 2.21. The van der Waals surface area contributed by atoms with Crippen LogP contribution in [0.1, 0.15) is 28.4 Å². The van der Waals surface area contributed by atoms with E-state index < -0.39 is 0 Å². The fourth-order valence-electron chi connectivity index (χ4n) is 3.48. The number of Topliss-reactive ketones (excluding diaryl/α,β-unsaturated/α-hetero) is 1. The summed E-state index contributed by atoms with van der Waals surface area (Å²) >= 11 is 6.11. The Hall–Kier alpha value is -1.84. The highest BCUT2D eigenvalue weighted by Crippen LogP contribution is 2.45. The lowest BCUT2D eigenvalue weighted by atomic mass is 9.81. The number of benzene rings is 2. The van der Waals surface area contributed by atoms with Crippen molar-refractivity contribution in [2.75, 3.05) is 11.9 Å². The molecule has 2 heterocycles. The minimum absolute atomic E-state index is 0.0485. The second-order valence-corrected chi connectivity index (χ2v) is 6.26. The zero-order chi connectivity index (χ0) is 15.1. The zero-order valence-corrected chi connectivity index (χ0v) is 12.7. The molecule has 0 spiro atoms. The lowest BCUT2D eigenvalue weighted by Gasteiger charge is -2.35. The zero-order valence-electron chi connectivity index (χ0n) is 12.0. The van der Waals surface area contributed by atoms with Gasteiger partial charge in [-0.1, -0.05) is 41.9 Å². The van der Waals surface area contributed by atoms with Gasteiger partial charge in [0.05, 0.1) is 12.1 Å². The van der Waals surface area contributed by atoms with Gasteiger partial charge in [-0.2, -0.15) is 0 Å². The molecule has 22 heavy (non-hydrogen) atoms. The molecule has 3 nitrogen and oxygen atoms in total. The predicted molar refractivity (Wildman–Crippen MR) is 86.4 cm³/mol. The van der Waals surface area contributed by atoms with Crippen LogP contribution in [0.4, 0.5) is 5.69 Å². The maximum absolute atomic E-state index is 12.9. The number of fused-ring (bicyclic) bond motifs is 3. The lowest BCUT2D eigenvalue weighted by molar-refractivity contribution is 0.0726. The van der Waals surface area contributed by atoms with Crippen molar-refractivity contribution in [3.63, 3.8) is 0 Å². The maximum Gasteiger partial charge on any atom is 0.185 e. The molecule has 0 unspecified atom stereocenters. The molecule has 0 aliphatic carbocycles. The molecule has 4 rings (SSSR count). The van der Waals surface area contributed by atoms with Gasteiger partial charge in [0.1, 0.15) is 0 Å². The molecule has 2 aromatic carbocycles. The van der Waals surface area contributed by atoms with Gasteiger partial charge in [0.2, 0.25) is 0 Å². The number of ether oxygens (including phenoxy) is 1. The first-order chi connectivity index (χ1) is 10.7. The van der Waals surface area contributed by atoms with Crippen LogP contribution >= 0.6 is 11.6 Å². The van der Waals surface area contributed by atoms with E-state index in [1.165, 1.54) is 0 Å². The number of rotatable bonds is 2. The molecule has 0 radical (unpaired) electrons. The van der Waals surface area contributed by atoms with Gasteiger partial charge < -0.3 is 10.1 Å². The maximum atomic E-state index is 12.9. The Morgan fingerprint density at radius 3 is 2.82 bits per heavy atom. The molecule has 2 aliphatic heterocycles. The van der Waals surface area contributed by atoms with E-state index in [1.807, 2.05) is 48.5 Å². The van der Waals surface area contributed by atoms with Crippen LogP contribution in [0.15, 0.2) is 48.5 Å². The first-order valence-corrected chi connectivity index (χ1v) is 7.89. The normalized spacial score (nSPS) is 26.0. The number of hydrogen-bond donors (Lipinski definition) is 1. The molecule has 112 valence electrons. The van der Waals surface area contributed by atoms with Gasteiger partial charge in [0.25, 0.3) is 0 Å². The summed E-state index contributed by atoms with van der Waals surface area (Å²) in [6.45, 7) is 0.682. The smallest absolute Gasteiger partial charge is 0.185 e. The van der Waals surface area contributed by atoms with E-state index in [0.29, 0.717) is 11.6 Å². The average molecular weight is 314 g/mol. The highest BCUT2D eigenvalue weighted by atomic mass is 35.5. The number of hydrogen-bond acceptors (Lipinski definition) is 3. The molecule has 3 atom stereocenters. The molecule has 4 heteroatoms. The van der Waals surface area contributed by atoms with Crippen LogP contribution in [-0.2, 0) is 4.74 Å². The summed E-state index contributed by atoms with van der Waals surface area (Å²) in [4.78, 5) is 12.9. The van der Waals surface area contributed by atoms with Crippen molar-refractivity contribution < 1.29 is 9.53 Å². The first kappa shape index (κ1) is 13.8. The van der Waals surface area contributed by atoms with Crippen molar-refractivity contribution >= 4 is 23.1 Å². The van der Waals surface area contributed by atoms with E-state index >= 15 is 0 Å². The fraction of sp³-hybridized carbons (Fsp3) is 0.278. The molecule has 2 aliphatic rings. The largest absolute Gasteiger partial charge is 0.374 e. The summed E-state index contributed by atoms with van der Waals surface area (Å²) in [6, 6.07) is 14.9. The molecule has 1 saturated heterocycles. The van der Waals surface area contributed by atoms with E-state index in [4.69, 9.17) is 16.3 Å². The second-order valence-electron chi connectivity index (χ2n) is 5.83. The predicted octanol–water partition coefficient (Wildman–Crippen LogP) is 4.09. The summed E-state index contributed by atoms with van der Waals surface area (Å²) < 4.78 is 5.90. The minimum atomic E-state index is -0.247. The second kappa shape index (κ2) is 5.41. The lowest BCUT2D eigenvalue weighted by Crippen LogP contribution is -2.42. The topological polar surface area (TPSA) is 38.3 Å². The van der Waals surface area contributed by atoms with Crippen molar-refractivity contribution in [3.05, 3.63) is 64.7 Å². The molecule has 0 aromatic heterocycles. The fourth-order valence-corrected chi connectivity index (χ4v) is 3.67. The third-order valence-electron chi connectivity index (χ3n) is 4.54. The van der Waals surface area contributed by atoms with Gasteiger partial charge in [-0.05, 0) is 24.6 Å². The van der Waals surface area contributed by atoms with Crippen molar-refractivity contribution in [2.45, 2.75) is 18.6 Å². The van der Waals surface area contributed by atoms with Crippen LogP contribution in [0, 0.1) is 5.92 Å². The van der Waals surface area contributed by atoms with Crippen molar-refractivity contribution in [3.8, 4) is 0 Å². The van der Waals surface area contributed by atoms with Crippen LogP contribution in [0.25, 0.3) is 0 Å². The van der Waals surface area contributed by atoms with Crippen molar-refractivity contribution in [2.24, 2.45) is 5.92 Å². The first-order valence-electron chi connectivity index (χ1n) is 7.51. The number of carbonyl (C=O) groups excluding carboxylic acids is 1. The number of halogens is 1. The Bertz CT molecular complexity index is 716. The monoisotopic (exact) mass is 313 g/mol. The number of ketones is 1. The summed E-state index contributed by atoms with van der Waals surface area (Å²) in [7, 11) is 0.